The van der Waals surface area contributed by atoms with Gasteiger partial charge in [0.1, 0.15) is 12.4 Å². The lowest BCUT2D eigenvalue weighted by atomic mass is 10.1. The van der Waals surface area contributed by atoms with Crippen LogP contribution < -0.4 is 26.4 Å². The van der Waals surface area contributed by atoms with Crippen molar-refractivity contribution in [1.82, 2.24) is 0 Å². The minimum Gasteiger partial charge on any atom is -0.490 e. The lowest BCUT2D eigenvalue weighted by molar-refractivity contribution is -0.115. The van der Waals surface area contributed by atoms with Gasteiger partial charge in [-0.1, -0.05) is 12.1 Å². The van der Waals surface area contributed by atoms with Crippen LogP contribution in [0.25, 0.3) is 0 Å². The maximum absolute atomic E-state index is 12.4. The van der Waals surface area contributed by atoms with Gasteiger partial charge < -0.3 is 26.4 Å². The van der Waals surface area contributed by atoms with E-state index in [-0.39, 0.29) is 18.0 Å². The van der Waals surface area contributed by atoms with Crippen LogP contribution in [0.15, 0.2) is 42.5 Å². The van der Waals surface area contributed by atoms with Crippen molar-refractivity contribution < 1.29 is 14.3 Å². The number of amides is 2. The standard InChI is InChI=1S/C17H18N4O3/c18-11-5-6-15-14(9-11)21(7-8-24-15)10-16(22)20-13-4-2-1-3-12(13)17(19)23/h1-6,9H,7-8,10,18H2,(H2,19,23)(H,20,22). The van der Waals surface area contributed by atoms with Crippen LogP contribution in [-0.4, -0.2) is 31.5 Å². The molecule has 0 atom stereocenters. The highest BCUT2D eigenvalue weighted by atomic mass is 16.5. The van der Waals surface area contributed by atoms with Gasteiger partial charge in [-0.25, -0.2) is 0 Å². The molecule has 7 heteroatoms. The number of hydrogen-bond donors (Lipinski definition) is 3. The Morgan fingerprint density at radius 1 is 1.21 bits per heavy atom. The third kappa shape index (κ3) is 3.24. The van der Waals surface area contributed by atoms with Crippen LogP contribution in [0.4, 0.5) is 17.1 Å². The van der Waals surface area contributed by atoms with Gasteiger partial charge in [-0.05, 0) is 30.3 Å². The molecule has 0 fully saturated rings. The van der Waals surface area contributed by atoms with Crippen LogP contribution in [0, 0.1) is 0 Å². The first-order valence-electron chi connectivity index (χ1n) is 7.50. The van der Waals surface area contributed by atoms with Gasteiger partial charge in [0, 0.05) is 5.69 Å². The number of hydrogen-bond acceptors (Lipinski definition) is 5. The monoisotopic (exact) mass is 326 g/mol. The van der Waals surface area contributed by atoms with E-state index in [4.69, 9.17) is 16.2 Å². The third-order valence-corrected chi connectivity index (χ3v) is 3.74. The van der Waals surface area contributed by atoms with E-state index in [0.29, 0.717) is 30.3 Å². The van der Waals surface area contributed by atoms with Gasteiger partial charge in [0.25, 0.3) is 5.91 Å². The molecule has 2 aromatic carbocycles. The molecule has 0 saturated carbocycles. The highest BCUT2D eigenvalue weighted by Crippen LogP contribution is 2.33. The number of primary amides is 1. The van der Waals surface area contributed by atoms with Gasteiger partial charge >= 0.3 is 0 Å². The summed E-state index contributed by atoms with van der Waals surface area (Å²) in [6.45, 7) is 1.18. The molecule has 2 aromatic rings. The lowest BCUT2D eigenvalue weighted by Gasteiger charge is -2.30. The number of benzene rings is 2. The Morgan fingerprint density at radius 3 is 2.79 bits per heavy atom. The second-order valence-electron chi connectivity index (χ2n) is 5.46. The number of nitrogens with zero attached hydrogens (tertiary/aromatic N) is 1. The van der Waals surface area contributed by atoms with Crippen molar-refractivity contribution >= 4 is 28.9 Å². The number of fused-ring (bicyclic) bond motifs is 1. The van der Waals surface area contributed by atoms with Crippen LogP contribution in [0.3, 0.4) is 0 Å². The highest BCUT2D eigenvalue weighted by Gasteiger charge is 2.21. The molecule has 0 spiro atoms. The molecule has 7 nitrogen and oxygen atoms in total. The van der Waals surface area contributed by atoms with Crippen LogP contribution in [-0.2, 0) is 4.79 Å². The normalized spacial score (nSPS) is 12.9. The predicted octanol–water partition coefficient (Wildman–Crippen LogP) is 1.21. The molecule has 0 bridgehead atoms. The van der Waals surface area contributed by atoms with Crippen LogP contribution in [0.1, 0.15) is 10.4 Å². The molecule has 2 amide bonds. The summed E-state index contributed by atoms with van der Waals surface area (Å²) in [5, 5.41) is 2.73. The summed E-state index contributed by atoms with van der Waals surface area (Å²) in [5.41, 5.74) is 13.2. The average Bonchev–Trinajstić information content (AvgIpc) is 2.55. The van der Waals surface area contributed by atoms with Crippen molar-refractivity contribution in [2.24, 2.45) is 5.73 Å². The van der Waals surface area contributed by atoms with E-state index in [1.54, 1.807) is 42.5 Å². The largest absolute Gasteiger partial charge is 0.490 e. The number of para-hydroxylation sites is 1. The first-order chi connectivity index (χ1) is 11.5. The number of nitrogen functional groups attached to an aromatic ring is 1. The van der Waals surface area contributed by atoms with Crippen molar-refractivity contribution in [1.29, 1.82) is 0 Å². The van der Waals surface area contributed by atoms with Gasteiger partial charge in [-0.2, -0.15) is 0 Å². The first kappa shape index (κ1) is 15.7. The quantitative estimate of drug-likeness (QED) is 0.731. The number of anilines is 3. The second-order valence-corrected chi connectivity index (χ2v) is 5.46. The number of ether oxygens (including phenoxy) is 1. The molecule has 3 rings (SSSR count). The summed E-state index contributed by atoms with van der Waals surface area (Å²) >= 11 is 0. The fourth-order valence-corrected chi connectivity index (χ4v) is 2.62. The van der Waals surface area contributed by atoms with Crippen LogP contribution >= 0.6 is 0 Å². The summed E-state index contributed by atoms with van der Waals surface area (Å²) < 4.78 is 5.57. The second kappa shape index (κ2) is 6.49. The molecule has 124 valence electrons. The lowest BCUT2D eigenvalue weighted by Crippen LogP contribution is -2.39. The number of carbonyl (C=O) groups excluding carboxylic acids is 2. The van der Waals surface area contributed by atoms with Gasteiger partial charge in [0.15, 0.2) is 0 Å². The highest BCUT2D eigenvalue weighted by molar-refractivity contribution is 6.04. The third-order valence-electron chi connectivity index (χ3n) is 3.74. The number of rotatable bonds is 4. The van der Waals surface area contributed by atoms with Crippen molar-refractivity contribution in [3.8, 4) is 5.75 Å². The van der Waals surface area contributed by atoms with E-state index >= 15 is 0 Å². The minimum absolute atomic E-state index is 0.118. The summed E-state index contributed by atoms with van der Waals surface area (Å²) in [6, 6.07) is 12.0. The predicted molar refractivity (Wildman–Crippen MR) is 92.2 cm³/mol. The fourth-order valence-electron chi connectivity index (χ4n) is 2.62. The molecular formula is C17H18N4O3. The van der Waals surface area contributed by atoms with E-state index in [1.165, 1.54) is 0 Å². The van der Waals surface area contributed by atoms with Gasteiger partial charge in [-0.3, -0.25) is 9.59 Å². The molecule has 1 aliphatic heterocycles. The summed E-state index contributed by atoms with van der Waals surface area (Å²) in [4.78, 5) is 25.7. The Bertz CT molecular complexity index is 791. The van der Waals surface area contributed by atoms with Crippen molar-refractivity contribution in [3.05, 3.63) is 48.0 Å². The molecule has 0 aliphatic carbocycles. The van der Waals surface area contributed by atoms with E-state index in [9.17, 15) is 9.59 Å². The SMILES string of the molecule is NC(=O)c1ccccc1NC(=O)CN1CCOc2ccc(N)cc21. The number of nitrogens with one attached hydrogen (secondary N) is 1. The smallest absolute Gasteiger partial charge is 0.250 e. The van der Waals surface area contributed by atoms with Crippen molar-refractivity contribution in [2.75, 3.05) is 35.6 Å². The Labute approximate surface area is 139 Å². The molecule has 24 heavy (non-hydrogen) atoms. The Kier molecular flexibility index (Phi) is 4.24. The van der Waals surface area contributed by atoms with E-state index in [0.717, 1.165) is 5.69 Å². The molecule has 0 saturated heterocycles. The first-order valence-corrected chi connectivity index (χ1v) is 7.50. The zero-order valence-corrected chi connectivity index (χ0v) is 13.0. The van der Waals surface area contributed by atoms with Gasteiger partial charge in [0.2, 0.25) is 5.91 Å². The van der Waals surface area contributed by atoms with Gasteiger partial charge in [0.05, 0.1) is 30.0 Å². The molecule has 0 radical (unpaired) electrons. The molecule has 1 aliphatic rings. The zero-order chi connectivity index (χ0) is 17.1. The van der Waals surface area contributed by atoms with E-state index in [2.05, 4.69) is 5.32 Å². The summed E-state index contributed by atoms with van der Waals surface area (Å²) in [5.74, 6) is -0.143. The maximum Gasteiger partial charge on any atom is 0.250 e. The Morgan fingerprint density at radius 2 is 2.00 bits per heavy atom. The Hall–Kier alpha value is -3.22. The molecule has 0 aromatic heterocycles. The molecule has 0 unspecified atom stereocenters. The fraction of sp³-hybridized carbons (Fsp3) is 0.176. The van der Waals surface area contributed by atoms with E-state index < -0.39 is 5.91 Å². The van der Waals surface area contributed by atoms with Crippen LogP contribution in [0.5, 0.6) is 5.75 Å². The molecular weight excluding hydrogens is 308 g/mol. The number of nitrogens with two attached hydrogens (primary N) is 2. The number of carbonyl (C=O) groups is 2. The van der Waals surface area contributed by atoms with Crippen molar-refractivity contribution in [2.45, 2.75) is 0 Å². The Balaban J connectivity index is 1.75. The van der Waals surface area contributed by atoms with Crippen LogP contribution in [0.2, 0.25) is 0 Å². The molecule has 5 N–H and O–H groups in total. The van der Waals surface area contributed by atoms with E-state index in [1.807, 2.05) is 4.90 Å². The summed E-state index contributed by atoms with van der Waals surface area (Å²) in [7, 11) is 0. The topological polar surface area (TPSA) is 111 Å². The minimum atomic E-state index is -0.588. The van der Waals surface area contributed by atoms with Gasteiger partial charge in [-0.15, -0.1) is 0 Å². The van der Waals surface area contributed by atoms with Crippen molar-refractivity contribution in [3.63, 3.8) is 0 Å². The zero-order valence-electron chi connectivity index (χ0n) is 13.0. The average molecular weight is 326 g/mol. The molecule has 1 heterocycles. The summed E-state index contributed by atoms with van der Waals surface area (Å²) in [6.07, 6.45) is 0. The maximum atomic E-state index is 12.4.